The third kappa shape index (κ3) is 5.89. The standard InChI is InChI=1S/C24H27N3O8S3/c1-14-24(2,5-3-8-37(30,31)32)19-12-18(22-17(4-7-36-22)21(19)26-14)15-10-16(13-28)27-20(11-15)23(29)25-6-9-38(33,34)35/h4,7,10-14,26H,3,5-6,8-9H2,1-2H3,(H,25,29)(H,30,31,32)(H,33,34,35). The second-order valence-corrected chi connectivity index (χ2v) is 13.6. The normalized spacial score (nSPS) is 19.2. The first-order valence-electron chi connectivity index (χ1n) is 11.7. The number of carbonyl (C=O) groups excluding carboxylic acids is 2. The van der Waals surface area contributed by atoms with Crippen LogP contribution in [0, 0.1) is 0 Å². The van der Waals surface area contributed by atoms with Gasteiger partial charge in [0.05, 0.1) is 11.5 Å². The van der Waals surface area contributed by atoms with E-state index in [4.69, 9.17) is 4.55 Å². The minimum absolute atomic E-state index is 0.00930. The fraction of sp³-hybridized carbons (Fsp3) is 0.375. The molecule has 0 saturated carbocycles. The van der Waals surface area contributed by atoms with E-state index in [1.807, 2.05) is 31.4 Å². The fourth-order valence-corrected chi connectivity index (χ4v) is 6.62. The van der Waals surface area contributed by atoms with E-state index in [1.54, 1.807) is 6.07 Å². The summed E-state index contributed by atoms with van der Waals surface area (Å²) in [6.07, 6.45) is 1.26. The quantitative estimate of drug-likeness (QED) is 0.205. The van der Waals surface area contributed by atoms with Crippen molar-refractivity contribution in [2.24, 2.45) is 0 Å². The van der Waals surface area contributed by atoms with E-state index in [9.17, 15) is 31.0 Å². The maximum absolute atomic E-state index is 12.7. The highest BCUT2D eigenvalue weighted by molar-refractivity contribution is 7.86. The summed E-state index contributed by atoms with van der Waals surface area (Å²) in [4.78, 5) is 28.4. The van der Waals surface area contributed by atoms with Crippen molar-refractivity contribution in [1.29, 1.82) is 0 Å². The van der Waals surface area contributed by atoms with Crippen molar-refractivity contribution in [1.82, 2.24) is 10.3 Å². The molecule has 0 saturated heterocycles. The van der Waals surface area contributed by atoms with Gasteiger partial charge in [0.2, 0.25) is 0 Å². The summed E-state index contributed by atoms with van der Waals surface area (Å²) in [7, 11) is -8.36. The molecule has 1 aromatic carbocycles. The zero-order chi connectivity index (χ0) is 27.9. The van der Waals surface area contributed by atoms with Crippen LogP contribution in [0.1, 0.15) is 53.2 Å². The van der Waals surface area contributed by atoms with Crippen molar-refractivity contribution in [3.8, 4) is 11.1 Å². The monoisotopic (exact) mass is 581 g/mol. The van der Waals surface area contributed by atoms with E-state index < -0.39 is 37.3 Å². The van der Waals surface area contributed by atoms with Crippen LogP contribution >= 0.6 is 11.3 Å². The Balaban J connectivity index is 1.78. The van der Waals surface area contributed by atoms with E-state index in [0.717, 1.165) is 26.9 Å². The Kier molecular flexibility index (Phi) is 7.65. The SMILES string of the molecule is CC1Nc2c(cc(-c3cc(C=O)nc(C(=O)NCCS(=O)(=O)O)c3)c3sccc23)C1(C)CCCS(=O)(=O)O. The topological polar surface area (TPSA) is 180 Å². The lowest BCUT2D eigenvalue weighted by Gasteiger charge is -2.30. The molecule has 0 bridgehead atoms. The Morgan fingerprint density at radius 1 is 1.18 bits per heavy atom. The number of hydrogen-bond donors (Lipinski definition) is 4. The van der Waals surface area contributed by atoms with Crippen LogP contribution in [0.2, 0.25) is 0 Å². The second kappa shape index (κ2) is 10.3. The van der Waals surface area contributed by atoms with Gasteiger partial charge in [0.1, 0.15) is 11.4 Å². The fourth-order valence-electron chi connectivity index (χ4n) is 4.81. The number of hydrogen-bond acceptors (Lipinski definition) is 9. The third-order valence-electron chi connectivity index (χ3n) is 6.92. The van der Waals surface area contributed by atoms with Gasteiger partial charge in [-0.25, -0.2) is 4.98 Å². The molecule has 1 amide bonds. The van der Waals surface area contributed by atoms with Gasteiger partial charge >= 0.3 is 0 Å². The highest BCUT2D eigenvalue weighted by Gasteiger charge is 2.41. The highest BCUT2D eigenvalue weighted by atomic mass is 32.2. The van der Waals surface area contributed by atoms with Crippen molar-refractivity contribution >= 4 is 59.5 Å². The molecule has 0 radical (unpaired) electrons. The number of benzene rings is 1. The van der Waals surface area contributed by atoms with E-state index in [0.29, 0.717) is 18.3 Å². The predicted octanol–water partition coefficient (Wildman–Crippen LogP) is 3.13. The number of nitrogens with one attached hydrogen (secondary N) is 2. The molecule has 3 heterocycles. The van der Waals surface area contributed by atoms with Gasteiger partial charge < -0.3 is 10.6 Å². The largest absolute Gasteiger partial charge is 0.381 e. The summed E-state index contributed by atoms with van der Waals surface area (Å²) >= 11 is 1.49. The third-order valence-corrected chi connectivity index (χ3v) is 9.39. The number of aromatic nitrogens is 1. The number of aldehydes is 1. The van der Waals surface area contributed by atoms with Crippen LogP contribution < -0.4 is 10.6 Å². The molecule has 0 aliphatic carbocycles. The summed E-state index contributed by atoms with van der Waals surface area (Å²) in [5.41, 5.74) is 2.63. The van der Waals surface area contributed by atoms with Crippen LogP contribution in [0.4, 0.5) is 5.69 Å². The lowest BCUT2D eigenvalue weighted by Crippen LogP contribution is -2.34. The minimum atomic E-state index is -4.26. The number of thiophene rings is 1. The summed E-state index contributed by atoms with van der Waals surface area (Å²) < 4.78 is 63.6. The molecule has 2 aromatic heterocycles. The highest BCUT2D eigenvalue weighted by Crippen LogP contribution is 2.50. The molecule has 3 aromatic rings. The van der Waals surface area contributed by atoms with E-state index in [1.165, 1.54) is 17.4 Å². The molecule has 204 valence electrons. The number of fused-ring (bicyclic) bond motifs is 3. The summed E-state index contributed by atoms with van der Waals surface area (Å²) in [5, 5.41) is 8.77. The van der Waals surface area contributed by atoms with Crippen molar-refractivity contribution in [3.63, 3.8) is 0 Å². The number of pyridine rings is 1. The lowest BCUT2D eigenvalue weighted by atomic mass is 9.75. The first-order chi connectivity index (χ1) is 17.7. The van der Waals surface area contributed by atoms with Gasteiger partial charge in [0.15, 0.2) is 6.29 Å². The Morgan fingerprint density at radius 3 is 2.55 bits per heavy atom. The molecule has 1 aliphatic rings. The van der Waals surface area contributed by atoms with Crippen LogP contribution in [-0.4, -0.2) is 67.2 Å². The average molecular weight is 582 g/mol. The van der Waals surface area contributed by atoms with Crippen LogP contribution in [0.15, 0.2) is 29.6 Å². The van der Waals surface area contributed by atoms with Gasteiger partial charge in [-0.2, -0.15) is 16.8 Å². The van der Waals surface area contributed by atoms with Gasteiger partial charge in [-0.3, -0.25) is 18.7 Å². The second-order valence-electron chi connectivity index (χ2n) is 9.51. The first kappa shape index (κ1) is 28.1. The Labute approximate surface area is 224 Å². The zero-order valence-electron chi connectivity index (χ0n) is 20.6. The van der Waals surface area contributed by atoms with Crippen LogP contribution in [0.25, 0.3) is 21.2 Å². The van der Waals surface area contributed by atoms with Crippen LogP contribution in [-0.2, 0) is 25.7 Å². The number of amides is 1. The zero-order valence-corrected chi connectivity index (χ0v) is 23.0. The van der Waals surface area contributed by atoms with Gasteiger partial charge in [-0.1, -0.05) is 6.92 Å². The lowest BCUT2D eigenvalue weighted by molar-refractivity contribution is 0.0951. The van der Waals surface area contributed by atoms with E-state index in [-0.39, 0.29) is 36.1 Å². The molecule has 4 N–H and O–H groups in total. The van der Waals surface area contributed by atoms with Crippen molar-refractivity contribution in [2.75, 3.05) is 23.4 Å². The van der Waals surface area contributed by atoms with Crippen molar-refractivity contribution in [2.45, 2.75) is 38.1 Å². The molecule has 14 heteroatoms. The van der Waals surface area contributed by atoms with Gasteiger partial charge in [0, 0.05) is 39.3 Å². The van der Waals surface area contributed by atoms with Gasteiger partial charge in [-0.05, 0) is 60.5 Å². The molecule has 1 aliphatic heterocycles. The number of carbonyl (C=O) groups is 2. The predicted molar refractivity (Wildman–Crippen MR) is 145 cm³/mol. The van der Waals surface area contributed by atoms with E-state index in [2.05, 4.69) is 15.6 Å². The summed E-state index contributed by atoms with van der Waals surface area (Å²) in [5.74, 6) is -1.71. The smallest absolute Gasteiger partial charge is 0.269 e. The molecular weight excluding hydrogens is 554 g/mol. The average Bonchev–Trinajstić information content (AvgIpc) is 3.40. The molecule has 11 nitrogen and oxygen atoms in total. The maximum Gasteiger partial charge on any atom is 0.269 e. The Morgan fingerprint density at radius 2 is 1.89 bits per heavy atom. The molecule has 38 heavy (non-hydrogen) atoms. The number of nitrogens with zero attached hydrogens (tertiary/aromatic N) is 1. The Bertz CT molecular complexity index is 1630. The van der Waals surface area contributed by atoms with Gasteiger partial charge in [-0.15, -0.1) is 11.3 Å². The number of anilines is 1. The maximum atomic E-state index is 12.7. The van der Waals surface area contributed by atoms with Crippen molar-refractivity contribution in [3.05, 3.63) is 46.6 Å². The molecule has 2 unspecified atom stereocenters. The molecule has 0 fully saturated rings. The van der Waals surface area contributed by atoms with Crippen molar-refractivity contribution < 1.29 is 35.5 Å². The van der Waals surface area contributed by atoms with Crippen LogP contribution in [0.3, 0.4) is 0 Å². The molecule has 4 rings (SSSR count). The first-order valence-corrected chi connectivity index (χ1v) is 15.8. The summed E-state index contributed by atoms with van der Waals surface area (Å²) in [6, 6.07) is 6.98. The molecule has 2 atom stereocenters. The van der Waals surface area contributed by atoms with Crippen LogP contribution in [0.5, 0.6) is 0 Å². The van der Waals surface area contributed by atoms with Gasteiger partial charge in [0.25, 0.3) is 26.1 Å². The minimum Gasteiger partial charge on any atom is -0.381 e. The number of rotatable bonds is 10. The Hall–Kier alpha value is -2.91. The van der Waals surface area contributed by atoms with E-state index >= 15 is 0 Å². The summed E-state index contributed by atoms with van der Waals surface area (Å²) in [6.45, 7) is 3.71. The molecular formula is C24H27N3O8S3. The molecule has 0 spiro atoms.